The molecule has 1 N–H and O–H groups in total. The summed E-state index contributed by atoms with van der Waals surface area (Å²) in [6, 6.07) is 8.28. The van der Waals surface area contributed by atoms with Crippen molar-refractivity contribution in [3.63, 3.8) is 0 Å². The van der Waals surface area contributed by atoms with Gasteiger partial charge in [0.1, 0.15) is 4.21 Å². The summed E-state index contributed by atoms with van der Waals surface area (Å²) in [6.07, 6.45) is 0. The number of thiophene rings is 1. The Labute approximate surface area is 130 Å². The Morgan fingerprint density at radius 2 is 1.78 bits per heavy atom. The Kier molecular flexibility index (Phi) is 4.38. The molecule has 0 amide bonds. The highest BCUT2D eigenvalue weighted by Gasteiger charge is 2.19. The van der Waals surface area contributed by atoms with Gasteiger partial charge in [-0.05, 0) is 46.3 Å². The van der Waals surface area contributed by atoms with Gasteiger partial charge in [0.2, 0.25) is 0 Å². The quantitative estimate of drug-likeness (QED) is 0.764. The third kappa shape index (κ3) is 3.27. The van der Waals surface area contributed by atoms with Crippen molar-refractivity contribution in [3.8, 4) is 0 Å². The zero-order valence-electron chi connectivity index (χ0n) is 8.65. The van der Waals surface area contributed by atoms with E-state index < -0.39 is 10.0 Å². The molecule has 1 heterocycles. The Balaban J connectivity index is 2.29. The lowest BCUT2D eigenvalue weighted by molar-refractivity contribution is 0.603. The summed E-state index contributed by atoms with van der Waals surface area (Å²) in [7, 11) is -3.59. The van der Waals surface area contributed by atoms with E-state index in [4.69, 9.17) is 11.6 Å². The third-order valence-corrected chi connectivity index (χ3v) is 6.84. The Morgan fingerprint density at radius 1 is 1.17 bits per heavy atom. The van der Waals surface area contributed by atoms with E-state index in [2.05, 4.69) is 36.6 Å². The van der Waals surface area contributed by atoms with Gasteiger partial charge in [-0.3, -0.25) is 4.72 Å². The standard InChI is InChI=1S/C10H6Br2ClNO2S2/c11-6-1-3-7(4-2-6)14-18(15,16)9-5-8(13)10(12)17-9/h1-5,14H. The van der Waals surface area contributed by atoms with Crippen LogP contribution in [0.2, 0.25) is 5.02 Å². The molecule has 0 saturated heterocycles. The van der Waals surface area contributed by atoms with Gasteiger partial charge < -0.3 is 0 Å². The average molecular weight is 432 g/mol. The highest BCUT2D eigenvalue weighted by molar-refractivity contribution is 9.11. The third-order valence-electron chi connectivity index (χ3n) is 1.98. The molecule has 0 aliphatic heterocycles. The molecule has 0 fully saturated rings. The zero-order chi connectivity index (χ0) is 13.3. The van der Waals surface area contributed by atoms with Crippen LogP contribution in [0.5, 0.6) is 0 Å². The van der Waals surface area contributed by atoms with Crippen LogP contribution in [0.15, 0.2) is 42.8 Å². The van der Waals surface area contributed by atoms with E-state index in [-0.39, 0.29) is 4.21 Å². The largest absolute Gasteiger partial charge is 0.279 e. The Bertz CT molecular complexity index is 648. The summed E-state index contributed by atoms with van der Waals surface area (Å²) < 4.78 is 28.3. The molecule has 0 radical (unpaired) electrons. The molecule has 0 unspecified atom stereocenters. The molecule has 0 spiro atoms. The van der Waals surface area contributed by atoms with E-state index >= 15 is 0 Å². The van der Waals surface area contributed by atoms with Crippen LogP contribution >= 0.6 is 54.8 Å². The van der Waals surface area contributed by atoms with Crippen LogP contribution in [0.3, 0.4) is 0 Å². The number of hydrogen-bond acceptors (Lipinski definition) is 3. The second-order valence-electron chi connectivity index (χ2n) is 3.30. The van der Waals surface area contributed by atoms with E-state index in [1.54, 1.807) is 24.3 Å². The van der Waals surface area contributed by atoms with Gasteiger partial charge in [0, 0.05) is 10.2 Å². The minimum atomic E-state index is -3.59. The van der Waals surface area contributed by atoms with Crippen LogP contribution < -0.4 is 4.72 Å². The molecule has 0 bridgehead atoms. The van der Waals surface area contributed by atoms with E-state index in [0.717, 1.165) is 15.8 Å². The fourth-order valence-corrected chi connectivity index (χ4v) is 4.90. The van der Waals surface area contributed by atoms with Gasteiger partial charge in [-0.2, -0.15) is 0 Å². The van der Waals surface area contributed by atoms with Crippen molar-refractivity contribution in [1.29, 1.82) is 0 Å². The first-order valence-corrected chi connectivity index (χ1v) is 8.88. The Morgan fingerprint density at radius 3 is 2.28 bits per heavy atom. The SMILES string of the molecule is O=S(=O)(Nc1ccc(Br)cc1)c1cc(Cl)c(Br)s1. The molecule has 96 valence electrons. The molecule has 18 heavy (non-hydrogen) atoms. The lowest BCUT2D eigenvalue weighted by Crippen LogP contribution is -2.11. The minimum absolute atomic E-state index is 0.169. The average Bonchev–Trinajstić information content (AvgIpc) is 2.63. The van der Waals surface area contributed by atoms with Gasteiger partial charge in [-0.25, -0.2) is 8.42 Å². The molecular weight excluding hydrogens is 426 g/mol. The molecule has 0 aliphatic rings. The molecule has 8 heteroatoms. The topological polar surface area (TPSA) is 46.2 Å². The number of nitrogens with one attached hydrogen (secondary N) is 1. The fourth-order valence-electron chi connectivity index (χ4n) is 1.18. The maximum absolute atomic E-state index is 12.1. The second kappa shape index (κ2) is 5.50. The van der Waals surface area contributed by atoms with Crippen LogP contribution in [0.4, 0.5) is 5.69 Å². The molecule has 2 aromatic rings. The van der Waals surface area contributed by atoms with Crippen LogP contribution in [-0.2, 0) is 10.0 Å². The second-order valence-corrected chi connectivity index (χ2v) is 8.90. The number of rotatable bonds is 3. The molecule has 0 atom stereocenters. The van der Waals surface area contributed by atoms with Gasteiger partial charge in [0.25, 0.3) is 10.0 Å². The van der Waals surface area contributed by atoms with Gasteiger partial charge in [0.05, 0.1) is 8.81 Å². The molecule has 1 aromatic heterocycles. The smallest absolute Gasteiger partial charge is 0.271 e. The van der Waals surface area contributed by atoms with Crippen molar-refractivity contribution in [2.75, 3.05) is 4.72 Å². The maximum atomic E-state index is 12.1. The van der Waals surface area contributed by atoms with Crippen molar-refractivity contribution in [2.24, 2.45) is 0 Å². The predicted octanol–water partition coefficient (Wildman–Crippen LogP) is 4.73. The minimum Gasteiger partial charge on any atom is -0.279 e. The lowest BCUT2D eigenvalue weighted by atomic mass is 10.3. The van der Waals surface area contributed by atoms with Gasteiger partial charge >= 0.3 is 0 Å². The van der Waals surface area contributed by atoms with Gasteiger partial charge in [-0.1, -0.05) is 27.5 Å². The highest BCUT2D eigenvalue weighted by Crippen LogP contribution is 2.35. The lowest BCUT2D eigenvalue weighted by Gasteiger charge is -2.05. The summed E-state index contributed by atoms with van der Waals surface area (Å²) in [5.41, 5.74) is 0.499. The summed E-state index contributed by atoms with van der Waals surface area (Å²) in [5.74, 6) is 0. The van der Waals surface area contributed by atoms with Crippen LogP contribution in [0.25, 0.3) is 0 Å². The van der Waals surface area contributed by atoms with Crippen molar-refractivity contribution < 1.29 is 8.42 Å². The van der Waals surface area contributed by atoms with Crippen LogP contribution in [-0.4, -0.2) is 8.42 Å². The van der Waals surface area contributed by atoms with Gasteiger partial charge in [0.15, 0.2) is 0 Å². The maximum Gasteiger partial charge on any atom is 0.271 e. The molecule has 0 aliphatic carbocycles. The molecule has 2 rings (SSSR count). The van der Waals surface area contributed by atoms with E-state index in [1.807, 2.05) is 0 Å². The van der Waals surface area contributed by atoms with Crippen LogP contribution in [0.1, 0.15) is 0 Å². The Hall–Kier alpha value is -0.0800. The number of anilines is 1. The first-order valence-electron chi connectivity index (χ1n) is 4.62. The number of benzene rings is 1. The fraction of sp³-hybridized carbons (Fsp3) is 0. The summed E-state index contributed by atoms with van der Waals surface area (Å²) in [5, 5.41) is 0.385. The van der Waals surface area contributed by atoms with Gasteiger partial charge in [-0.15, -0.1) is 11.3 Å². The highest BCUT2D eigenvalue weighted by atomic mass is 79.9. The molecule has 1 aromatic carbocycles. The molecular formula is C10H6Br2ClNO2S2. The summed E-state index contributed by atoms with van der Waals surface area (Å²) >= 11 is 13.4. The summed E-state index contributed by atoms with van der Waals surface area (Å²) in [4.78, 5) is 0. The number of halogens is 3. The molecule has 0 saturated carbocycles. The zero-order valence-corrected chi connectivity index (χ0v) is 14.2. The summed E-state index contributed by atoms with van der Waals surface area (Å²) in [6.45, 7) is 0. The number of hydrogen-bond donors (Lipinski definition) is 1. The first-order chi connectivity index (χ1) is 8.38. The molecule has 3 nitrogen and oxygen atoms in total. The monoisotopic (exact) mass is 429 g/mol. The first kappa shape index (κ1) is 14.3. The van der Waals surface area contributed by atoms with Crippen molar-refractivity contribution in [2.45, 2.75) is 4.21 Å². The van der Waals surface area contributed by atoms with E-state index in [9.17, 15) is 8.42 Å². The number of sulfonamides is 1. The predicted molar refractivity (Wildman–Crippen MR) is 82.0 cm³/mol. The van der Waals surface area contributed by atoms with E-state index in [0.29, 0.717) is 14.5 Å². The van der Waals surface area contributed by atoms with Crippen molar-refractivity contribution in [3.05, 3.63) is 43.6 Å². The van der Waals surface area contributed by atoms with Crippen molar-refractivity contribution >= 4 is 70.5 Å². The van der Waals surface area contributed by atoms with E-state index in [1.165, 1.54) is 6.07 Å². The van der Waals surface area contributed by atoms with Crippen LogP contribution in [0, 0.1) is 0 Å². The normalized spacial score (nSPS) is 11.5. The van der Waals surface area contributed by atoms with Crippen molar-refractivity contribution in [1.82, 2.24) is 0 Å².